The van der Waals surface area contributed by atoms with Gasteiger partial charge in [-0.25, -0.2) is 0 Å². The van der Waals surface area contributed by atoms with Crippen LogP contribution < -0.4 is 5.32 Å². The van der Waals surface area contributed by atoms with Gasteiger partial charge in [-0.3, -0.25) is 0 Å². The SMILES string of the molecule is CCCNCC1CCC(COCCOCCCOC)O1. The summed E-state index contributed by atoms with van der Waals surface area (Å²) < 4.78 is 21.9. The van der Waals surface area contributed by atoms with E-state index in [0.29, 0.717) is 25.9 Å². The Kier molecular flexibility index (Phi) is 11.2. The van der Waals surface area contributed by atoms with Crippen molar-refractivity contribution >= 4 is 0 Å². The van der Waals surface area contributed by atoms with E-state index >= 15 is 0 Å². The van der Waals surface area contributed by atoms with Crippen molar-refractivity contribution in [2.24, 2.45) is 0 Å². The number of hydrogen-bond donors (Lipinski definition) is 1. The molecule has 2 atom stereocenters. The van der Waals surface area contributed by atoms with Crippen molar-refractivity contribution in [2.45, 2.75) is 44.8 Å². The quantitative estimate of drug-likeness (QED) is 0.522. The van der Waals surface area contributed by atoms with E-state index in [9.17, 15) is 0 Å². The highest BCUT2D eigenvalue weighted by Crippen LogP contribution is 2.19. The van der Waals surface area contributed by atoms with Crippen molar-refractivity contribution in [3.63, 3.8) is 0 Å². The zero-order chi connectivity index (χ0) is 14.5. The Morgan fingerprint density at radius 3 is 2.65 bits per heavy atom. The van der Waals surface area contributed by atoms with E-state index in [4.69, 9.17) is 18.9 Å². The summed E-state index contributed by atoms with van der Waals surface area (Å²) in [6, 6.07) is 0. The fraction of sp³-hybridized carbons (Fsp3) is 1.00. The van der Waals surface area contributed by atoms with Crippen LogP contribution in [0.3, 0.4) is 0 Å². The number of methoxy groups -OCH3 is 1. The van der Waals surface area contributed by atoms with E-state index in [2.05, 4.69) is 12.2 Å². The molecule has 5 nitrogen and oxygen atoms in total. The number of hydrogen-bond acceptors (Lipinski definition) is 5. The van der Waals surface area contributed by atoms with E-state index in [-0.39, 0.29) is 6.10 Å². The topological polar surface area (TPSA) is 49.0 Å². The molecule has 20 heavy (non-hydrogen) atoms. The van der Waals surface area contributed by atoms with Crippen molar-refractivity contribution in [3.05, 3.63) is 0 Å². The van der Waals surface area contributed by atoms with Gasteiger partial charge in [0.25, 0.3) is 0 Å². The van der Waals surface area contributed by atoms with Crippen molar-refractivity contribution in [1.82, 2.24) is 5.32 Å². The van der Waals surface area contributed by atoms with Crippen LogP contribution in [0.25, 0.3) is 0 Å². The zero-order valence-electron chi connectivity index (χ0n) is 13.1. The minimum atomic E-state index is 0.261. The molecule has 0 spiro atoms. The Labute approximate surface area is 123 Å². The van der Waals surface area contributed by atoms with E-state index in [1.54, 1.807) is 7.11 Å². The van der Waals surface area contributed by atoms with E-state index in [1.165, 1.54) is 6.42 Å². The largest absolute Gasteiger partial charge is 0.385 e. The lowest BCUT2D eigenvalue weighted by Gasteiger charge is -2.14. The van der Waals surface area contributed by atoms with Crippen LogP contribution in [-0.2, 0) is 18.9 Å². The third-order valence-electron chi connectivity index (χ3n) is 3.31. The predicted octanol–water partition coefficient (Wildman–Crippen LogP) is 1.60. The van der Waals surface area contributed by atoms with Gasteiger partial charge < -0.3 is 24.3 Å². The molecule has 1 fully saturated rings. The highest BCUT2D eigenvalue weighted by atomic mass is 16.6. The summed E-state index contributed by atoms with van der Waals surface area (Å²) in [7, 11) is 1.70. The molecule has 1 aliphatic rings. The Balaban J connectivity index is 1.86. The molecule has 1 saturated heterocycles. The minimum Gasteiger partial charge on any atom is -0.385 e. The summed E-state index contributed by atoms with van der Waals surface area (Å²) in [6.07, 6.45) is 4.97. The van der Waals surface area contributed by atoms with E-state index in [1.807, 2.05) is 0 Å². The van der Waals surface area contributed by atoms with Crippen LogP contribution in [0, 0.1) is 0 Å². The maximum Gasteiger partial charge on any atom is 0.0813 e. The van der Waals surface area contributed by atoms with E-state index in [0.717, 1.165) is 45.6 Å². The first-order valence-corrected chi connectivity index (χ1v) is 7.87. The minimum absolute atomic E-state index is 0.261. The molecular weight excluding hydrogens is 258 g/mol. The van der Waals surface area contributed by atoms with Crippen LogP contribution in [0.2, 0.25) is 0 Å². The van der Waals surface area contributed by atoms with Crippen LogP contribution >= 0.6 is 0 Å². The predicted molar refractivity (Wildman–Crippen MR) is 79.2 cm³/mol. The van der Waals surface area contributed by atoms with Crippen molar-refractivity contribution < 1.29 is 18.9 Å². The lowest BCUT2D eigenvalue weighted by Crippen LogP contribution is -2.28. The molecule has 0 bridgehead atoms. The van der Waals surface area contributed by atoms with Crippen LogP contribution in [-0.4, -0.2) is 65.4 Å². The molecule has 0 aromatic carbocycles. The van der Waals surface area contributed by atoms with Gasteiger partial charge in [0, 0.05) is 26.9 Å². The standard InChI is InChI=1S/C15H31NO4/c1-3-7-16-12-14-5-6-15(20-14)13-19-11-10-18-9-4-8-17-2/h14-16H,3-13H2,1-2H3. The summed E-state index contributed by atoms with van der Waals surface area (Å²) in [5, 5.41) is 3.40. The number of ether oxygens (including phenoxy) is 4. The second kappa shape index (κ2) is 12.5. The van der Waals surface area contributed by atoms with Crippen molar-refractivity contribution in [1.29, 1.82) is 0 Å². The molecule has 2 unspecified atom stereocenters. The average molecular weight is 289 g/mol. The zero-order valence-corrected chi connectivity index (χ0v) is 13.1. The molecule has 0 aromatic rings. The van der Waals surface area contributed by atoms with Gasteiger partial charge in [-0.05, 0) is 32.2 Å². The maximum absolute atomic E-state index is 5.92. The second-order valence-corrected chi connectivity index (χ2v) is 5.20. The Morgan fingerprint density at radius 2 is 1.85 bits per heavy atom. The lowest BCUT2D eigenvalue weighted by molar-refractivity contribution is -0.0293. The van der Waals surface area contributed by atoms with Gasteiger partial charge >= 0.3 is 0 Å². The summed E-state index contributed by atoms with van der Waals surface area (Å²) >= 11 is 0. The molecule has 1 aliphatic heterocycles. The monoisotopic (exact) mass is 289 g/mol. The van der Waals surface area contributed by atoms with Crippen LogP contribution in [0.1, 0.15) is 32.6 Å². The molecule has 120 valence electrons. The first kappa shape index (κ1) is 17.9. The smallest absolute Gasteiger partial charge is 0.0813 e. The Bertz CT molecular complexity index is 216. The van der Waals surface area contributed by atoms with Crippen LogP contribution in [0.5, 0.6) is 0 Å². The normalized spacial score (nSPS) is 22.5. The summed E-state index contributed by atoms with van der Waals surface area (Å²) in [5.74, 6) is 0. The van der Waals surface area contributed by atoms with Crippen molar-refractivity contribution in [3.8, 4) is 0 Å². The number of nitrogens with one attached hydrogen (secondary N) is 1. The molecule has 0 amide bonds. The molecular formula is C15H31NO4. The summed E-state index contributed by atoms with van der Waals surface area (Å²) in [6.45, 7) is 7.69. The van der Waals surface area contributed by atoms with Gasteiger partial charge in [0.05, 0.1) is 32.0 Å². The van der Waals surface area contributed by atoms with Gasteiger partial charge in [0.1, 0.15) is 0 Å². The first-order chi connectivity index (χ1) is 9.86. The molecule has 1 N–H and O–H groups in total. The molecule has 5 heteroatoms. The molecule has 0 saturated carbocycles. The molecule has 1 rings (SSSR count). The van der Waals surface area contributed by atoms with Crippen LogP contribution in [0.4, 0.5) is 0 Å². The molecule has 0 aromatic heterocycles. The van der Waals surface area contributed by atoms with Gasteiger partial charge in [-0.2, -0.15) is 0 Å². The number of rotatable bonds is 13. The molecule has 0 aliphatic carbocycles. The Morgan fingerprint density at radius 1 is 1.05 bits per heavy atom. The lowest BCUT2D eigenvalue weighted by atomic mass is 10.2. The second-order valence-electron chi connectivity index (χ2n) is 5.20. The van der Waals surface area contributed by atoms with Gasteiger partial charge in [-0.1, -0.05) is 6.92 Å². The maximum atomic E-state index is 5.92. The summed E-state index contributed by atoms with van der Waals surface area (Å²) in [5.41, 5.74) is 0. The molecule has 0 radical (unpaired) electrons. The summed E-state index contributed by atoms with van der Waals surface area (Å²) in [4.78, 5) is 0. The van der Waals surface area contributed by atoms with E-state index < -0.39 is 0 Å². The van der Waals surface area contributed by atoms with Gasteiger partial charge in [-0.15, -0.1) is 0 Å². The highest BCUT2D eigenvalue weighted by molar-refractivity contribution is 4.75. The van der Waals surface area contributed by atoms with Crippen LogP contribution in [0.15, 0.2) is 0 Å². The Hall–Kier alpha value is -0.200. The van der Waals surface area contributed by atoms with Gasteiger partial charge in [0.15, 0.2) is 0 Å². The molecule has 1 heterocycles. The average Bonchev–Trinajstić information content (AvgIpc) is 2.90. The first-order valence-electron chi connectivity index (χ1n) is 7.87. The third-order valence-corrected chi connectivity index (χ3v) is 3.31. The highest BCUT2D eigenvalue weighted by Gasteiger charge is 2.24. The van der Waals surface area contributed by atoms with Gasteiger partial charge in [0.2, 0.25) is 0 Å². The third kappa shape index (κ3) is 8.87. The fourth-order valence-electron chi connectivity index (χ4n) is 2.23. The fourth-order valence-corrected chi connectivity index (χ4v) is 2.23. The van der Waals surface area contributed by atoms with Crippen molar-refractivity contribution in [2.75, 3.05) is 53.2 Å².